The van der Waals surface area contributed by atoms with Crippen molar-refractivity contribution in [2.45, 2.75) is 42.7 Å². The summed E-state index contributed by atoms with van der Waals surface area (Å²) in [5.41, 5.74) is 0.950. The van der Waals surface area contributed by atoms with Crippen molar-refractivity contribution in [2.24, 2.45) is 0 Å². The Balaban J connectivity index is 1.74. The third kappa shape index (κ3) is 5.77. The van der Waals surface area contributed by atoms with Crippen LogP contribution in [0.2, 0.25) is 10.0 Å². The van der Waals surface area contributed by atoms with Crippen LogP contribution < -0.4 is 5.32 Å². The molecule has 2 aromatic carbocycles. The first-order chi connectivity index (χ1) is 14.7. The van der Waals surface area contributed by atoms with Crippen molar-refractivity contribution in [2.75, 3.05) is 6.54 Å². The van der Waals surface area contributed by atoms with E-state index in [-0.39, 0.29) is 27.9 Å². The van der Waals surface area contributed by atoms with Crippen LogP contribution in [-0.4, -0.2) is 48.3 Å². The molecule has 10 heteroatoms. The zero-order chi connectivity index (χ0) is 22.6. The van der Waals surface area contributed by atoms with E-state index in [2.05, 4.69) is 5.32 Å². The first-order valence-electron chi connectivity index (χ1n) is 9.73. The lowest BCUT2D eigenvalue weighted by atomic mass is 10.0. The molecule has 31 heavy (non-hydrogen) atoms. The maximum absolute atomic E-state index is 13.1. The van der Waals surface area contributed by atoms with Crippen LogP contribution in [-0.2, 0) is 26.0 Å². The number of carboxylic acid groups (broad SMARTS) is 1. The fourth-order valence-electron chi connectivity index (χ4n) is 3.58. The zero-order valence-electron chi connectivity index (χ0n) is 16.5. The summed E-state index contributed by atoms with van der Waals surface area (Å²) < 4.78 is 27.3. The Morgan fingerprint density at radius 1 is 1.13 bits per heavy atom. The number of carbonyl (C=O) groups is 2. The summed E-state index contributed by atoms with van der Waals surface area (Å²) in [5.74, 6) is -1.80. The van der Waals surface area contributed by atoms with Gasteiger partial charge in [-0.3, -0.25) is 4.79 Å². The number of aryl methyl sites for hydroxylation is 1. The summed E-state index contributed by atoms with van der Waals surface area (Å²) in [5, 5.41) is 12.4. The molecule has 2 atom stereocenters. The first kappa shape index (κ1) is 23.5. The van der Waals surface area contributed by atoms with Gasteiger partial charge in [-0.1, -0.05) is 53.5 Å². The monoisotopic (exact) mass is 484 g/mol. The van der Waals surface area contributed by atoms with E-state index in [1.165, 1.54) is 18.2 Å². The predicted octanol–water partition coefficient (Wildman–Crippen LogP) is 3.35. The van der Waals surface area contributed by atoms with Crippen LogP contribution in [0.15, 0.2) is 53.4 Å². The average molecular weight is 485 g/mol. The first-order valence-corrected chi connectivity index (χ1v) is 11.9. The molecule has 0 saturated carbocycles. The highest BCUT2D eigenvalue weighted by Gasteiger charge is 2.40. The van der Waals surface area contributed by atoms with Gasteiger partial charge in [0.15, 0.2) is 0 Å². The molecule has 0 bridgehead atoms. The van der Waals surface area contributed by atoms with Crippen molar-refractivity contribution < 1.29 is 23.1 Å². The van der Waals surface area contributed by atoms with Crippen molar-refractivity contribution >= 4 is 45.1 Å². The van der Waals surface area contributed by atoms with Crippen molar-refractivity contribution in [1.29, 1.82) is 0 Å². The molecule has 2 aromatic rings. The number of carbonyl (C=O) groups excluding carboxylic acids is 1. The number of nitrogens with one attached hydrogen (secondary N) is 1. The molecule has 1 heterocycles. The minimum absolute atomic E-state index is 0.108. The van der Waals surface area contributed by atoms with E-state index in [4.69, 9.17) is 23.2 Å². The van der Waals surface area contributed by atoms with Crippen LogP contribution in [0.25, 0.3) is 0 Å². The fraction of sp³-hybridized carbons (Fsp3) is 0.333. The van der Waals surface area contributed by atoms with Gasteiger partial charge in [-0.2, -0.15) is 4.31 Å². The summed E-state index contributed by atoms with van der Waals surface area (Å²) >= 11 is 11.9. The lowest BCUT2D eigenvalue weighted by molar-refractivity contribution is -0.142. The molecule has 1 amide bonds. The predicted molar refractivity (Wildman–Crippen MR) is 118 cm³/mol. The second-order valence-corrected chi connectivity index (χ2v) is 10.1. The van der Waals surface area contributed by atoms with Crippen LogP contribution >= 0.6 is 23.2 Å². The summed E-state index contributed by atoms with van der Waals surface area (Å²) in [4.78, 5) is 24.4. The third-order valence-electron chi connectivity index (χ3n) is 5.13. The largest absolute Gasteiger partial charge is 0.480 e. The van der Waals surface area contributed by atoms with Crippen LogP contribution in [0.1, 0.15) is 24.8 Å². The van der Waals surface area contributed by atoms with Gasteiger partial charge in [-0.25, -0.2) is 13.2 Å². The molecule has 7 nitrogen and oxygen atoms in total. The number of halogens is 2. The molecule has 1 saturated heterocycles. The van der Waals surface area contributed by atoms with Gasteiger partial charge in [0, 0.05) is 16.6 Å². The number of sulfonamides is 1. The quantitative estimate of drug-likeness (QED) is 0.597. The molecule has 3 rings (SSSR count). The molecule has 0 spiro atoms. The van der Waals surface area contributed by atoms with Crippen LogP contribution in [0, 0.1) is 0 Å². The van der Waals surface area contributed by atoms with Gasteiger partial charge in [0.25, 0.3) is 0 Å². The summed E-state index contributed by atoms with van der Waals surface area (Å²) in [6, 6.07) is 11.2. The number of hydrogen-bond donors (Lipinski definition) is 2. The van der Waals surface area contributed by atoms with Crippen LogP contribution in [0.5, 0.6) is 0 Å². The molecule has 0 radical (unpaired) electrons. The Labute approximate surface area is 191 Å². The standard InChI is InChI=1S/C21H22Cl2N2O5S/c22-15-11-16(23)13-17(12-15)31(29,30)25-10-4-7-19(25)20(26)24-18(21(27)28)9-8-14-5-2-1-3-6-14/h1-3,5-6,11-13,18-19H,4,7-10H2,(H,24,26)(H,27,28)/t18-,19-/m0/s1. The second kappa shape index (κ2) is 9.99. The van der Waals surface area contributed by atoms with Gasteiger partial charge >= 0.3 is 5.97 Å². The van der Waals surface area contributed by atoms with Crippen molar-refractivity contribution in [3.8, 4) is 0 Å². The Bertz CT molecular complexity index is 1040. The van der Waals surface area contributed by atoms with Crippen LogP contribution in [0.4, 0.5) is 0 Å². The summed E-state index contributed by atoms with van der Waals surface area (Å²) in [6.45, 7) is 0.145. The fourth-order valence-corrected chi connectivity index (χ4v) is 5.97. The molecular formula is C21H22Cl2N2O5S. The molecule has 0 aliphatic carbocycles. The highest BCUT2D eigenvalue weighted by Crippen LogP contribution is 2.30. The van der Waals surface area contributed by atoms with Gasteiger partial charge in [-0.15, -0.1) is 0 Å². The Morgan fingerprint density at radius 3 is 2.39 bits per heavy atom. The maximum atomic E-state index is 13.1. The van der Waals surface area contributed by atoms with E-state index >= 15 is 0 Å². The number of nitrogens with zero attached hydrogens (tertiary/aromatic N) is 1. The van der Waals surface area contributed by atoms with Gasteiger partial charge in [0.1, 0.15) is 12.1 Å². The number of hydrogen-bond acceptors (Lipinski definition) is 4. The maximum Gasteiger partial charge on any atom is 0.326 e. The number of carboxylic acids is 1. The molecule has 0 aromatic heterocycles. The number of amides is 1. The number of aliphatic carboxylic acids is 1. The topological polar surface area (TPSA) is 104 Å². The van der Waals surface area contributed by atoms with Crippen LogP contribution in [0.3, 0.4) is 0 Å². The van der Waals surface area contributed by atoms with Gasteiger partial charge in [0.2, 0.25) is 15.9 Å². The normalized spacial score (nSPS) is 17.9. The molecule has 2 N–H and O–H groups in total. The lowest BCUT2D eigenvalue weighted by Crippen LogP contribution is -2.50. The zero-order valence-corrected chi connectivity index (χ0v) is 18.8. The van der Waals surface area contributed by atoms with E-state index < -0.39 is 34.0 Å². The van der Waals surface area contributed by atoms with Gasteiger partial charge in [0.05, 0.1) is 4.90 Å². The van der Waals surface area contributed by atoms with E-state index in [0.717, 1.165) is 9.87 Å². The number of benzene rings is 2. The Morgan fingerprint density at radius 2 is 1.77 bits per heavy atom. The van der Waals surface area contributed by atoms with E-state index in [1.54, 1.807) is 0 Å². The summed E-state index contributed by atoms with van der Waals surface area (Å²) in [6.07, 6.45) is 1.43. The number of rotatable bonds is 8. The molecule has 0 unspecified atom stereocenters. The van der Waals surface area contributed by atoms with E-state index in [1.807, 2.05) is 30.3 Å². The van der Waals surface area contributed by atoms with Crippen molar-refractivity contribution in [3.05, 3.63) is 64.1 Å². The van der Waals surface area contributed by atoms with E-state index in [0.29, 0.717) is 19.3 Å². The molecular weight excluding hydrogens is 463 g/mol. The Hall–Kier alpha value is -2.13. The lowest BCUT2D eigenvalue weighted by Gasteiger charge is -2.25. The minimum Gasteiger partial charge on any atom is -0.480 e. The molecule has 166 valence electrons. The molecule has 1 aliphatic rings. The van der Waals surface area contributed by atoms with E-state index in [9.17, 15) is 23.1 Å². The van der Waals surface area contributed by atoms with Crippen molar-refractivity contribution in [1.82, 2.24) is 9.62 Å². The van der Waals surface area contributed by atoms with Gasteiger partial charge in [-0.05, 0) is 49.4 Å². The average Bonchev–Trinajstić information content (AvgIpc) is 3.22. The highest BCUT2D eigenvalue weighted by atomic mass is 35.5. The SMILES string of the molecule is O=C(O)[C@H](CCc1ccccc1)NC(=O)[C@@H]1CCCN1S(=O)(=O)c1cc(Cl)cc(Cl)c1. The minimum atomic E-state index is -4.03. The summed E-state index contributed by atoms with van der Waals surface area (Å²) in [7, 11) is -4.03. The molecule has 1 fully saturated rings. The molecule has 1 aliphatic heterocycles. The van der Waals surface area contributed by atoms with Gasteiger partial charge < -0.3 is 10.4 Å². The van der Waals surface area contributed by atoms with Crippen molar-refractivity contribution in [3.63, 3.8) is 0 Å². The smallest absolute Gasteiger partial charge is 0.326 e. The highest BCUT2D eigenvalue weighted by molar-refractivity contribution is 7.89. The Kier molecular flexibility index (Phi) is 7.59. The second-order valence-electron chi connectivity index (χ2n) is 7.30. The third-order valence-corrected chi connectivity index (χ3v) is 7.45.